The molecule has 27 heavy (non-hydrogen) atoms. The van der Waals surface area contributed by atoms with Gasteiger partial charge < -0.3 is 10.1 Å². The quantitative estimate of drug-likeness (QED) is 0.892. The third-order valence-corrected chi connectivity index (χ3v) is 4.13. The maximum atomic E-state index is 12.6. The Morgan fingerprint density at radius 1 is 1.30 bits per heavy atom. The Kier molecular flexibility index (Phi) is 5.43. The predicted octanol–water partition coefficient (Wildman–Crippen LogP) is 2.66. The van der Waals surface area contributed by atoms with Crippen molar-refractivity contribution in [1.29, 1.82) is 0 Å². The Hall–Kier alpha value is -2.90. The number of carbonyl (C=O) groups excluding carboxylic acids is 2. The monoisotopic (exact) mass is 371 g/mol. The van der Waals surface area contributed by atoms with Crippen molar-refractivity contribution in [2.75, 3.05) is 11.9 Å². The van der Waals surface area contributed by atoms with Crippen LogP contribution in [0.4, 0.5) is 10.6 Å². The summed E-state index contributed by atoms with van der Waals surface area (Å²) in [6.45, 7) is 6.46. The molecule has 1 fully saturated rings. The lowest BCUT2D eigenvalue weighted by atomic mass is 10.2. The van der Waals surface area contributed by atoms with Crippen LogP contribution in [0.1, 0.15) is 39.3 Å². The van der Waals surface area contributed by atoms with Crippen LogP contribution in [0.3, 0.4) is 0 Å². The first-order valence-electron chi connectivity index (χ1n) is 9.06. The average molecular weight is 371 g/mol. The van der Waals surface area contributed by atoms with Crippen LogP contribution < -0.4 is 5.32 Å². The topological polar surface area (TPSA) is 89.4 Å². The van der Waals surface area contributed by atoms with Crippen LogP contribution in [0.25, 0.3) is 0 Å². The van der Waals surface area contributed by atoms with Gasteiger partial charge in [-0.05, 0) is 45.7 Å². The van der Waals surface area contributed by atoms with E-state index in [2.05, 4.69) is 15.4 Å². The molecule has 1 atom stereocenters. The summed E-state index contributed by atoms with van der Waals surface area (Å²) < 4.78 is 7.11. The van der Waals surface area contributed by atoms with Gasteiger partial charge >= 0.3 is 6.09 Å². The molecule has 0 saturated carbocycles. The summed E-state index contributed by atoms with van der Waals surface area (Å²) in [5, 5.41) is 7.15. The van der Waals surface area contributed by atoms with E-state index >= 15 is 0 Å². The minimum atomic E-state index is -0.592. The average Bonchev–Trinajstić information content (AvgIpc) is 3.23. The lowest BCUT2D eigenvalue weighted by Crippen LogP contribution is -2.45. The summed E-state index contributed by atoms with van der Waals surface area (Å²) in [4.78, 5) is 30.7. The number of carbonyl (C=O) groups is 2. The minimum Gasteiger partial charge on any atom is -0.444 e. The summed E-state index contributed by atoms with van der Waals surface area (Å²) in [5.41, 5.74) is 0.288. The zero-order valence-electron chi connectivity index (χ0n) is 15.9. The summed E-state index contributed by atoms with van der Waals surface area (Å²) in [5.74, 6) is 0.202. The third-order valence-electron chi connectivity index (χ3n) is 4.13. The van der Waals surface area contributed by atoms with Crippen molar-refractivity contribution in [3.8, 4) is 0 Å². The van der Waals surface area contributed by atoms with Crippen molar-refractivity contribution in [2.24, 2.45) is 0 Å². The van der Waals surface area contributed by atoms with Crippen LogP contribution in [0.2, 0.25) is 0 Å². The van der Waals surface area contributed by atoms with E-state index in [0.717, 1.165) is 12.1 Å². The van der Waals surface area contributed by atoms with Crippen LogP contribution in [-0.4, -0.2) is 49.9 Å². The summed E-state index contributed by atoms with van der Waals surface area (Å²) in [7, 11) is 0. The van der Waals surface area contributed by atoms with E-state index in [1.54, 1.807) is 23.1 Å². The van der Waals surface area contributed by atoms with Crippen LogP contribution in [0, 0.1) is 0 Å². The van der Waals surface area contributed by atoms with E-state index in [4.69, 9.17) is 4.74 Å². The number of nitrogens with zero attached hydrogens (tertiary/aromatic N) is 4. The van der Waals surface area contributed by atoms with Gasteiger partial charge in [0, 0.05) is 25.0 Å². The smallest absolute Gasteiger partial charge is 0.410 e. The molecular weight excluding hydrogens is 346 g/mol. The molecule has 2 aromatic rings. The molecule has 0 radical (unpaired) electrons. The first-order chi connectivity index (χ1) is 12.8. The van der Waals surface area contributed by atoms with E-state index in [9.17, 15) is 9.59 Å². The zero-order chi connectivity index (χ0) is 19.4. The predicted molar refractivity (Wildman–Crippen MR) is 100 cm³/mol. The highest BCUT2D eigenvalue weighted by atomic mass is 16.6. The Labute approximate surface area is 158 Å². The number of amides is 2. The molecule has 8 nitrogen and oxygen atoms in total. The standard InChI is InChI=1S/C19H25N5O3/c1-19(2,3)27-18(26)24-11-6-8-15(24)17(25)21-16-9-12-23(22-16)13-14-7-4-5-10-20-14/h4-5,7,9-10,12,15H,6,8,11,13H2,1-3H3,(H,21,22,25)/t15-/m0/s1. The van der Waals surface area contributed by atoms with Gasteiger partial charge in [0.25, 0.3) is 0 Å². The van der Waals surface area contributed by atoms with E-state index in [-0.39, 0.29) is 5.91 Å². The van der Waals surface area contributed by atoms with E-state index in [1.165, 1.54) is 4.90 Å². The zero-order valence-corrected chi connectivity index (χ0v) is 15.9. The van der Waals surface area contributed by atoms with Crippen LogP contribution >= 0.6 is 0 Å². The van der Waals surface area contributed by atoms with Crippen LogP contribution in [0.5, 0.6) is 0 Å². The molecule has 0 unspecified atom stereocenters. The molecule has 0 aliphatic carbocycles. The molecule has 3 heterocycles. The highest BCUT2D eigenvalue weighted by Crippen LogP contribution is 2.22. The van der Waals surface area contributed by atoms with Crippen molar-refractivity contribution in [3.63, 3.8) is 0 Å². The molecule has 0 bridgehead atoms. The fraction of sp³-hybridized carbons (Fsp3) is 0.474. The molecule has 1 aliphatic heterocycles. The summed E-state index contributed by atoms with van der Waals surface area (Å²) in [6, 6.07) is 6.88. The van der Waals surface area contributed by atoms with Gasteiger partial charge in [0.1, 0.15) is 11.6 Å². The van der Waals surface area contributed by atoms with Gasteiger partial charge in [0.15, 0.2) is 5.82 Å². The van der Waals surface area contributed by atoms with E-state index in [0.29, 0.717) is 25.3 Å². The van der Waals surface area contributed by atoms with Crippen LogP contribution in [0.15, 0.2) is 36.7 Å². The number of ether oxygens (including phenoxy) is 1. The fourth-order valence-corrected chi connectivity index (χ4v) is 2.96. The number of nitrogens with one attached hydrogen (secondary N) is 1. The second-order valence-corrected chi connectivity index (χ2v) is 7.54. The molecule has 8 heteroatoms. The van der Waals surface area contributed by atoms with Gasteiger partial charge in [-0.3, -0.25) is 19.4 Å². The van der Waals surface area contributed by atoms with E-state index < -0.39 is 17.7 Å². The number of rotatable bonds is 4. The Morgan fingerprint density at radius 3 is 2.81 bits per heavy atom. The van der Waals surface area contributed by atoms with Crippen molar-refractivity contribution < 1.29 is 14.3 Å². The Balaban J connectivity index is 1.60. The lowest BCUT2D eigenvalue weighted by molar-refractivity contribution is -0.120. The fourth-order valence-electron chi connectivity index (χ4n) is 2.96. The van der Waals surface area contributed by atoms with Gasteiger partial charge in [0.05, 0.1) is 12.2 Å². The Bertz CT molecular complexity index is 797. The van der Waals surface area contributed by atoms with Gasteiger partial charge in [-0.15, -0.1) is 0 Å². The molecule has 0 spiro atoms. The lowest BCUT2D eigenvalue weighted by Gasteiger charge is -2.27. The first-order valence-corrected chi connectivity index (χ1v) is 9.06. The number of likely N-dealkylation sites (tertiary alicyclic amines) is 1. The molecule has 1 N–H and O–H groups in total. The third kappa shape index (κ3) is 5.06. The van der Waals surface area contributed by atoms with Crippen LogP contribution in [-0.2, 0) is 16.1 Å². The molecule has 1 saturated heterocycles. The van der Waals surface area contributed by atoms with Crippen molar-refractivity contribution in [3.05, 3.63) is 42.4 Å². The molecule has 3 rings (SSSR count). The van der Waals surface area contributed by atoms with Crippen molar-refractivity contribution in [2.45, 2.75) is 51.8 Å². The molecule has 2 amide bonds. The molecular formula is C19H25N5O3. The molecule has 1 aliphatic rings. The Morgan fingerprint density at radius 2 is 2.11 bits per heavy atom. The molecule has 144 valence electrons. The number of hydrogen-bond donors (Lipinski definition) is 1. The summed E-state index contributed by atoms with van der Waals surface area (Å²) in [6.07, 6.45) is 4.43. The summed E-state index contributed by atoms with van der Waals surface area (Å²) >= 11 is 0. The minimum absolute atomic E-state index is 0.249. The number of anilines is 1. The first kappa shape index (κ1) is 18.9. The largest absolute Gasteiger partial charge is 0.444 e. The number of pyridine rings is 1. The number of hydrogen-bond acceptors (Lipinski definition) is 5. The highest BCUT2D eigenvalue weighted by molar-refractivity contribution is 5.96. The number of aromatic nitrogens is 3. The maximum Gasteiger partial charge on any atom is 0.410 e. The normalized spacial score (nSPS) is 17.0. The molecule has 2 aromatic heterocycles. The maximum absolute atomic E-state index is 12.6. The second-order valence-electron chi connectivity index (χ2n) is 7.54. The van der Waals surface area contributed by atoms with Gasteiger partial charge in [0.2, 0.25) is 5.91 Å². The molecule has 0 aromatic carbocycles. The van der Waals surface area contributed by atoms with Gasteiger partial charge in [-0.1, -0.05) is 6.07 Å². The van der Waals surface area contributed by atoms with Gasteiger partial charge in [-0.25, -0.2) is 4.79 Å². The highest BCUT2D eigenvalue weighted by Gasteiger charge is 2.36. The van der Waals surface area contributed by atoms with Crippen molar-refractivity contribution in [1.82, 2.24) is 19.7 Å². The van der Waals surface area contributed by atoms with Crippen molar-refractivity contribution >= 4 is 17.8 Å². The second kappa shape index (κ2) is 7.77. The van der Waals surface area contributed by atoms with Gasteiger partial charge in [-0.2, -0.15) is 5.10 Å². The van der Waals surface area contributed by atoms with E-state index in [1.807, 2.05) is 39.0 Å². The SMILES string of the molecule is CC(C)(C)OC(=O)N1CCC[C@H]1C(=O)Nc1ccn(Cc2ccccn2)n1.